The quantitative estimate of drug-likeness (QED) is 0.629. The van der Waals surface area contributed by atoms with Gasteiger partial charge < -0.3 is 19.7 Å². The van der Waals surface area contributed by atoms with E-state index in [0.717, 1.165) is 36.0 Å². The molecule has 0 bridgehead atoms. The molecule has 0 saturated carbocycles. The zero-order valence-electron chi connectivity index (χ0n) is 16.7. The van der Waals surface area contributed by atoms with E-state index >= 15 is 0 Å². The van der Waals surface area contributed by atoms with Gasteiger partial charge in [-0.25, -0.2) is 0 Å². The topological polar surface area (TPSA) is 50.8 Å². The third-order valence-corrected chi connectivity index (χ3v) is 4.83. The molecule has 0 atom stereocenters. The molecule has 1 fully saturated rings. The number of hydrogen-bond donors (Lipinski definition) is 1. The molecule has 3 rings (SSSR count). The first kappa shape index (κ1) is 20.1. The summed E-state index contributed by atoms with van der Waals surface area (Å²) in [5.74, 6) is 1.48. The van der Waals surface area contributed by atoms with E-state index in [2.05, 4.69) is 16.3 Å². The average Bonchev–Trinajstić information content (AvgIpc) is 2.73. The number of carbonyl (C=O) groups excluding carboxylic acids is 1. The van der Waals surface area contributed by atoms with E-state index in [0.29, 0.717) is 26.1 Å². The summed E-state index contributed by atoms with van der Waals surface area (Å²) >= 11 is 0. The van der Waals surface area contributed by atoms with Gasteiger partial charge in [0.25, 0.3) is 0 Å². The number of rotatable bonds is 9. The summed E-state index contributed by atoms with van der Waals surface area (Å²) in [4.78, 5) is 14.8. The summed E-state index contributed by atoms with van der Waals surface area (Å²) in [7, 11) is 0. The van der Waals surface area contributed by atoms with Gasteiger partial charge in [-0.15, -0.1) is 0 Å². The molecule has 1 saturated heterocycles. The van der Waals surface area contributed by atoms with Crippen LogP contribution in [0.2, 0.25) is 0 Å². The van der Waals surface area contributed by atoms with Crippen LogP contribution in [-0.4, -0.2) is 32.2 Å². The minimum Gasteiger partial charge on any atom is -0.490 e. The highest BCUT2D eigenvalue weighted by molar-refractivity contribution is 5.94. The Labute approximate surface area is 167 Å². The Morgan fingerprint density at radius 1 is 0.964 bits per heavy atom. The summed E-state index contributed by atoms with van der Waals surface area (Å²) < 4.78 is 11.4. The molecule has 28 heavy (non-hydrogen) atoms. The molecule has 0 unspecified atom stereocenters. The molecule has 150 valence electrons. The molecule has 0 aromatic heterocycles. The summed E-state index contributed by atoms with van der Waals surface area (Å²) in [6.07, 6.45) is 4.78. The second kappa shape index (κ2) is 10.6. The number of nitrogens with zero attached hydrogens (tertiary/aromatic N) is 1. The first-order valence-corrected chi connectivity index (χ1v) is 10.3. The van der Waals surface area contributed by atoms with Crippen molar-refractivity contribution in [2.45, 2.75) is 39.0 Å². The van der Waals surface area contributed by atoms with Crippen LogP contribution in [-0.2, 0) is 4.79 Å². The second-order valence-corrected chi connectivity index (χ2v) is 6.94. The lowest BCUT2D eigenvalue weighted by atomic mass is 10.1. The van der Waals surface area contributed by atoms with E-state index in [1.165, 1.54) is 19.3 Å². The highest BCUT2D eigenvalue weighted by atomic mass is 16.5. The van der Waals surface area contributed by atoms with Gasteiger partial charge in [0.1, 0.15) is 0 Å². The van der Waals surface area contributed by atoms with E-state index in [4.69, 9.17) is 9.47 Å². The number of benzene rings is 2. The maximum absolute atomic E-state index is 12.4. The predicted octanol–water partition coefficient (Wildman–Crippen LogP) is 4.87. The largest absolute Gasteiger partial charge is 0.490 e. The maximum atomic E-state index is 12.4. The Morgan fingerprint density at radius 3 is 2.39 bits per heavy atom. The van der Waals surface area contributed by atoms with Crippen molar-refractivity contribution in [3.8, 4) is 11.5 Å². The molecule has 1 aliphatic rings. The summed E-state index contributed by atoms with van der Waals surface area (Å²) in [6.45, 7) is 5.13. The van der Waals surface area contributed by atoms with Crippen molar-refractivity contribution in [1.82, 2.24) is 0 Å². The van der Waals surface area contributed by atoms with Crippen LogP contribution in [0.4, 0.5) is 11.4 Å². The van der Waals surface area contributed by atoms with Gasteiger partial charge in [0.05, 0.1) is 24.6 Å². The van der Waals surface area contributed by atoms with Crippen molar-refractivity contribution in [2.75, 3.05) is 36.5 Å². The van der Waals surface area contributed by atoms with E-state index in [9.17, 15) is 4.79 Å². The van der Waals surface area contributed by atoms with Gasteiger partial charge in [-0.05, 0) is 56.9 Å². The monoisotopic (exact) mass is 382 g/mol. The van der Waals surface area contributed by atoms with Gasteiger partial charge in [0, 0.05) is 19.5 Å². The Balaban J connectivity index is 1.48. The van der Waals surface area contributed by atoms with Crippen molar-refractivity contribution in [1.29, 1.82) is 0 Å². The fraction of sp³-hybridized carbons (Fsp3) is 0.435. The molecule has 5 heteroatoms. The first-order chi connectivity index (χ1) is 13.8. The predicted molar refractivity (Wildman–Crippen MR) is 113 cm³/mol. The number of hydrogen-bond acceptors (Lipinski definition) is 4. The number of ether oxygens (including phenoxy) is 2. The number of nitrogens with one attached hydrogen (secondary N) is 1. The number of anilines is 2. The molecular formula is C23H30N2O3. The van der Waals surface area contributed by atoms with Crippen LogP contribution in [0.15, 0.2) is 48.5 Å². The summed E-state index contributed by atoms with van der Waals surface area (Å²) in [6, 6.07) is 15.7. The van der Waals surface area contributed by atoms with E-state index < -0.39 is 0 Å². The zero-order chi connectivity index (χ0) is 19.6. The molecule has 1 aliphatic heterocycles. The molecule has 1 amide bonds. The smallest absolute Gasteiger partial charge is 0.224 e. The van der Waals surface area contributed by atoms with Gasteiger partial charge in [-0.2, -0.15) is 0 Å². The van der Waals surface area contributed by atoms with Gasteiger partial charge in [0.2, 0.25) is 5.91 Å². The van der Waals surface area contributed by atoms with Crippen LogP contribution in [0.1, 0.15) is 39.0 Å². The molecule has 5 nitrogen and oxygen atoms in total. The van der Waals surface area contributed by atoms with E-state index in [1.807, 2.05) is 49.4 Å². The first-order valence-electron chi connectivity index (χ1n) is 10.3. The molecular weight excluding hydrogens is 352 g/mol. The molecule has 1 heterocycles. The number of carbonyl (C=O) groups is 1. The second-order valence-electron chi connectivity index (χ2n) is 6.94. The van der Waals surface area contributed by atoms with Crippen molar-refractivity contribution < 1.29 is 14.3 Å². The van der Waals surface area contributed by atoms with Gasteiger partial charge >= 0.3 is 0 Å². The molecule has 2 aromatic carbocycles. The third kappa shape index (κ3) is 5.65. The van der Waals surface area contributed by atoms with Crippen LogP contribution in [0.3, 0.4) is 0 Å². The van der Waals surface area contributed by atoms with E-state index in [1.54, 1.807) is 0 Å². The molecule has 0 aliphatic carbocycles. The normalized spacial score (nSPS) is 13.8. The Kier molecular flexibility index (Phi) is 7.59. The highest BCUT2D eigenvalue weighted by Gasteiger charge is 2.15. The van der Waals surface area contributed by atoms with Gasteiger partial charge in [-0.1, -0.05) is 24.3 Å². The Hall–Kier alpha value is -2.69. The summed E-state index contributed by atoms with van der Waals surface area (Å²) in [5, 5.41) is 3.08. The van der Waals surface area contributed by atoms with Gasteiger partial charge in [-0.3, -0.25) is 4.79 Å². The maximum Gasteiger partial charge on any atom is 0.224 e. The third-order valence-electron chi connectivity index (χ3n) is 4.83. The van der Waals surface area contributed by atoms with Crippen LogP contribution in [0.25, 0.3) is 0 Å². The standard InChI is InChI=1S/C23H30N2O3/c1-2-27-21-13-6-7-14-22(21)28-18-10-15-23(26)24-19-11-4-5-12-20(19)25-16-8-3-9-17-25/h4-7,11-14H,2-3,8-10,15-18H2,1H3,(H,24,26). The van der Waals surface area contributed by atoms with Crippen LogP contribution in [0, 0.1) is 0 Å². The van der Waals surface area contributed by atoms with Crippen LogP contribution in [0.5, 0.6) is 11.5 Å². The molecule has 0 spiro atoms. The van der Waals surface area contributed by atoms with Crippen LogP contribution >= 0.6 is 0 Å². The fourth-order valence-electron chi connectivity index (χ4n) is 3.46. The molecule has 1 N–H and O–H groups in total. The van der Waals surface area contributed by atoms with Crippen molar-refractivity contribution in [2.24, 2.45) is 0 Å². The van der Waals surface area contributed by atoms with Crippen molar-refractivity contribution in [3.63, 3.8) is 0 Å². The number of para-hydroxylation sites is 4. The molecule has 0 radical (unpaired) electrons. The lowest BCUT2D eigenvalue weighted by Crippen LogP contribution is -2.30. The fourth-order valence-corrected chi connectivity index (χ4v) is 3.46. The number of amides is 1. The average molecular weight is 383 g/mol. The Bertz CT molecular complexity index is 757. The molecule has 2 aromatic rings. The SMILES string of the molecule is CCOc1ccccc1OCCCC(=O)Nc1ccccc1N1CCCCC1. The Morgan fingerprint density at radius 2 is 1.64 bits per heavy atom. The number of piperidine rings is 1. The minimum atomic E-state index is 0.0196. The summed E-state index contributed by atoms with van der Waals surface area (Å²) in [5.41, 5.74) is 2.02. The van der Waals surface area contributed by atoms with E-state index in [-0.39, 0.29) is 5.91 Å². The van der Waals surface area contributed by atoms with Crippen molar-refractivity contribution >= 4 is 17.3 Å². The van der Waals surface area contributed by atoms with Gasteiger partial charge in [0.15, 0.2) is 11.5 Å². The van der Waals surface area contributed by atoms with Crippen LogP contribution < -0.4 is 19.7 Å². The zero-order valence-corrected chi connectivity index (χ0v) is 16.7. The lowest BCUT2D eigenvalue weighted by Gasteiger charge is -2.30. The van der Waals surface area contributed by atoms with Crippen molar-refractivity contribution in [3.05, 3.63) is 48.5 Å². The minimum absolute atomic E-state index is 0.0196. The highest BCUT2D eigenvalue weighted by Crippen LogP contribution is 2.29. The lowest BCUT2D eigenvalue weighted by molar-refractivity contribution is -0.116.